The van der Waals surface area contributed by atoms with E-state index in [1.165, 1.54) is 0 Å². The average molecular weight is 332 g/mol. The first-order valence-electron chi connectivity index (χ1n) is 6.96. The third kappa shape index (κ3) is 3.46. The van der Waals surface area contributed by atoms with Crippen LogP contribution in [0.25, 0.3) is 11.3 Å². The number of nitrogens with one attached hydrogen (secondary N) is 1. The Morgan fingerprint density at radius 3 is 2.64 bits per heavy atom. The number of rotatable bonds is 4. The van der Waals surface area contributed by atoms with Crippen LogP contribution in [0.4, 0.5) is 5.69 Å². The standard InChI is InChI=1S/C18H15Cl2NO/c1-12-5-6-15(10-17(12)20)21-11-16-7-8-18(22-16)13-3-2-4-14(19)9-13/h2-10,21H,11H2,1H3. The van der Waals surface area contributed by atoms with E-state index < -0.39 is 0 Å². The molecular weight excluding hydrogens is 317 g/mol. The van der Waals surface area contributed by atoms with Gasteiger partial charge in [-0.25, -0.2) is 0 Å². The van der Waals surface area contributed by atoms with Gasteiger partial charge in [0.25, 0.3) is 0 Å². The zero-order valence-electron chi connectivity index (χ0n) is 12.1. The predicted molar refractivity (Wildman–Crippen MR) is 92.7 cm³/mol. The van der Waals surface area contributed by atoms with Crippen LogP contribution in [-0.2, 0) is 6.54 Å². The highest BCUT2D eigenvalue weighted by molar-refractivity contribution is 6.31. The number of benzene rings is 2. The molecule has 2 nitrogen and oxygen atoms in total. The largest absolute Gasteiger partial charge is 0.459 e. The van der Waals surface area contributed by atoms with E-state index in [0.717, 1.165) is 33.4 Å². The monoisotopic (exact) mass is 331 g/mol. The number of hydrogen-bond acceptors (Lipinski definition) is 2. The van der Waals surface area contributed by atoms with Gasteiger partial charge in [0.2, 0.25) is 0 Å². The zero-order chi connectivity index (χ0) is 15.5. The van der Waals surface area contributed by atoms with Crippen molar-refractivity contribution in [2.24, 2.45) is 0 Å². The molecule has 0 aliphatic rings. The van der Waals surface area contributed by atoms with Crippen LogP contribution in [0.5, 0.6) is 0 Å². The van der Waals surface area contributed by atoms with Crippen molar-refractivity contribution in [2.45, 2.75) is 13.5 Å². The van der Waals surface area contributed by atoms with Crippen molar-refractivity contribution in [3.05, 3.63) is 76.0 Å². The number of anilines is 1. The van der Waals surface area contributed by atoms with E-state index in [1.807, 2.05) is 61.5 Å². The molecular formula is C18H15Cl2NO. The van der Waals surface area contributed by atoms with Crippen LogP contribution in [-0.4, -0.2) is 0 Å². The maximum Gasteiger partial charge on any atom is 0.134 e. The van der Waals surface area contributed by atoms with E-state index in [-0.39, 0.29) is 0 Å². The molecule has 0 saturated heterocycles. The van der Waals surface area contributed by atoms with Gasteiger partial charge in [-0.15, -0.1) is 0 Å². The van der Waals surface area contributed by atoms with E-state index in [2.05, 4.69) is 5.32 Å². The second-order valence-corrected chi connectivity index (χ2v) is 5.94. The molecule has 0 saturated carbocycles. The van der Waals surface area contributed by atoms with Gasteiger partial charge in [0.1, 0.15) is 11.5 Å². The van der Waals surface area contributed by atoms with Gasteiger partial charge in [0, 0.05) is 21.3 Å². The lowest BCUT2D eigenvalue weighted by atomic mass is 10.2. The first-order valence-corrected chi connectivity index (χ1v) is 7.72. The van der Waals surface area contributed by atoms with E-state index in [1.54, 1.807) is 0 Å². The van der Waals surface area contributed by atoms with Crippen molar-refractivity contribution in [3.8, 4) is 11.3 Å². The summed E-state index contributed by atoms with van der Waals surface area (Å²) in [6, 6.07) is 17.4. The van der Waals surface area contributed by atoms with Crippen LogP contribution in [0.15, 0.2) is 59.0 Å². The number of furan rings is 1. The van der Waals surface area contributed by atoms with Crippen LogP contribution in [0, 0.1) is 6.92 Å². The van der Waals surface area contributed by atoms with E-state index in [0.29, 0.717) is 11.6 Å². The summed E-state index contributed by atoms with van der Waals surface area (Å²) in [4.78, 5) is 0. The molecule has 0 unspecified atom stereocenters. The molecule has 4 heteroatoms. The second-order valence-electron chi connectivity index (χ2n) is 5.09. The SMILES string of the molecule is Cc1ccc(NCc2ccc(-c3cccc(Cl)c3)o2)cc1Cl. The molecule has 0 aliphatic heterocycles. The minimum Gasteiger partial charge on any atom is -0.459 e. The quantitative estimate of drug-likeness (QED) is 0.618. The molecule has 0 amide bonds. The van der Waals surface area contributed by atoms with Gasteiger partial charge >= 0.3 is 0 Å². The Hall–Kier alpha value is -1.90. The van der Waals surface area contributed by atoms with Gasteiger partial charge in [-0.1, -0.05) is 41.4 Å². The third-order valence-electron chi connectivity index (χ3n) is 3.41. The number of aryl methyl sites for hydroxylation is 1. The third-order valence-corrected chi connectivity index (χ3v) is 4.05. The molecule has 0 fully saturated rings. The highest BCUT2D eigenvalue weighted by Gasteiger charge is 2.06. The first kappa shape index (κ1) is 15.0. The molecule has 0 atom stereocenters. The van der Waals surface area contributed by atoms with Gasteiger partial charge in [0.15, 0.2) is 0 Å². The minimum atomic E-state index is 0.597. The van der Waals surface area contributed by atoms with Crippen molar-refractivity contribution in [1.29, 1.82) is 0 Å². The highest BCUT2D eigenvalue weighted by Crippen LogP contribution is 2.25. The normalized spacial score (nSPS) is 10.7. The first-order chi connectivity index (χ1) is 10.6. The van der Waals surface area contributed by atoms with E-state index >= 15 is 0 Å². The number of hydrogen-bond donors (Lipinski definition) is 1. The molecule has 1 aromatic heterocycles. The fourth-order valence-corrected chi connectivity index (χ4v) is 2.53. The predicted octanol–water partition coefficient (Wildman–Crippen LogP) is 6.17. The van der Waals surface area contributed by atoms with Crippen molar-refractivity contribution in [1.82, 2.24) is 0 Å². The fraction of sp³-hybridized carbons (Fsp3) is 0.111. The van der Waals surface area contributed by atoms with Gasteiger partial charge in [-0.3, -0.25) is 0 Å². The smallest absolute Gasteiger partial charge is 0.134 e. The molecule has 0 spiro atoms. The van der Waals surface area contributed by atoms with Crippen LogP contribution < -0.4 is 5.32 Å². The average Bonchev–Trinajstić information content (AvgIpc) is 2.97. The van der Waals surface area contributed by atoms with E-state index in [9.17, 15) is 0 Å². The Morgan fingerprint density at radius 2 is 1.86 bits per heavy atom. The summed E-state index contributed by atoms with van der Waals surface area (Å²) in [5.74, 6) is 1.66. The summed E-state index contributed by atoms with van der Waals surface area (Å²) >= 11 is 12.1. The topological polar surface area (TPSA) is 25.2 Å². The minimum absolute atomic E-state index is 0.597. The Bertz CT molecular complexity index is 795. The molecule has 0 aliphatic carbocycles. The molecule has 112 valence electrons. The molecule has 1 N–H and O–H groups in total. The van der Waals surface area contributed by atoms with Crippen molar-refractivity contribution >= 4 is 28.9 Å². The highest BCUT2D eigenvalue weighted by atomic mass is 35.5. The van der Waals surface area contributed by atoms with Gasteiger partial charge < -0.3 is 9.73 Å². The summed E-state index contributed by atoms with van der Waals surface area (Å²) < 4.78 is 5.85. The second kappa shape index (κ2) is 6.47. The summed E-state index contributed by atoms with van der Waals surface area (Å²) in [6.45, 7) is 2.58. The summed E-state index contributed by atoms with van der Waals surface area (Å²) in [7, 11) is 0. The Kier molecular flexibility index (Phi) is 4.41. The van der Waals surface area contributed by atoms with Crippen LogP contribution in [0.1, 0.15) is 11.3 Å². The van der Waals surface area contributed by atoms with Gasteiger partial charge in [-0.05, 0) is 48.9 Å². The molecule has 0 bridgehead atoms. The molecule has 22 heavy (non-hydrogen) atoms. The molecule has 3 rings (SSSR count). The maximum atomic E-state index is 6.12. The fourth-order valence-electron chi connectivity index (χ4n) is 2.16. The van der Waals surface area contributed by atoms with Crippen LogP contribution in [0.2, 0.25) is 10.0 Å². The Morgan fingerprint density at radius 1 is 1.00 bits per heavy atom. The van der Waals surface area contributed by atoms with Crippen molar-refractivity contribution < 1.29 is 4.42 Å². The lowest BCUT2D eigenvalue weighted by Crippen LogP contribution is -1.98. The zero-order valence-corrected chi connectivity index (χ0v) is 13.6. The Balaban J connectivity index is 1.70. The van der Waals surface area contributed by atoms with Gasteiger partial charge in [-0.2, -0.15) is 0 Å². The molecule has 0 radical (unpaired) electrons. The van der Waals surface area contributed by atoms with Crippen LogP contribution in [0.3, 0.4) is 0 Å². The van der Waals surface area contributed by atoms with Crippen molar-refractivity contribution in [3.63, 3.8) is 0 Å². The molecule has 1 heterocycles. The summed E-state index contributed by atoms with van der Waals surface area (Å²) in [5.41, 5.74) is 3.00. The van der Waals surface area contributed by atoms with Crippen LogP contribution >= 0.6 is 23.2 Å². The summed E-state index contributed by atoms with van der Waals surface area (Å²) in [6.07, 6.45) is 0. The Labute approximate surface area is 139 Å². The molecule has 3 aromatic rings. The lowest BCUT2D eigenvalue weighted by Gasteiger charge is -2.06. The van der Waals surface area contributed by atoms with E-state index in [4.69, 9.17) is 27.6 Å². The lowest BCUT2D eigenvalue weighted by molar-refractivity contribution is 0.531. The molecule has 2 aromatic carbocycles. The van der Waals surface area contributed by atoms with Gasteiger partial charge in [0.05, 0.1) is 6.54 Å². The summed E-state index contributed by atoms with van der Waals surface area (Å²) in [5, 5.41) is 4.75. The maximum absolute atomic E-state index is 6.12. The van der Waals surface area contributed by atoms with Crippen molar-refractivity contribution in [2.75, 3.05) is 5.32 Å². The number of halogens is 2.